The van der Waals surface area contributed by atoms with Gasteiger partial charge in [-0.25, -0.2) is 9.97 Å². The molecule has 2 aromatic rings. The van der Waals surface area contributed by atoms with E-state index in [0.717, 1.165) is 30.2 Å². The van der Waals surface area contributed by atoms with Crippen molar-refractivity contribution in [1.82, 2.24) is 14.4 Å². The molecular weight excluding hydrogens is 274 g/mol. The van der Waals surface area contributed by atoms with Gasteiger partial charge in [-0.3, -0.25) is 4.21 Å². The molecule has 0 aliphatic heterocycles. The molecule has 0 saturated heterocycles. The molecule has 0 aliphatic rings. The van der Waals surface area contributed by atoms with E-state index in [1.807, 2.05) is 23.7 Å². The second-order valence-electron chi connectivity index (χ2n) is 4.42. The number of nitrogens with zero attached hydrogens (tertiary/aromatic N) is 3. The number of fused-ring (bicyclic) bond motifs is 1. The first-order valence-electron chi connectivity index (χ1n) is 6.91. The Morgan fingerprint density at radius 1 is 1.30 bits per heavy atom. The Hall–Kier alpha value is -1.63. The molecule has 7 heteroatoms. The number of nitrogens with one attached hydrogen (secondary N) is 2. The summed E-state index contributed by atoms with van der Waals surface area (Å²) in [6.45, 7) is 5.55. The predicted molar refractivity (Wildman–Crippen MR) is 83.8 cm³/mol. The van der Waals surface area contributed by atoms with Crippen LogP contribution in [-0.2, 0) is 10.8 Å². The maximum absolute atomic E-state index is 11.4. The van der Waals surface area contributed by atoms with Crippen LogP contribution < -0.4 is 10.6 Å². The second-order valence-corrected chi connectivity index (χ2v) is 6.28. The Morgan fingerprint density at radius 2 is 2.15 bits per heavy atom. The molecule has 2 aromatic heterocycles. The van der Waals surface area contributed by atoms with E-state index in [4.69, 9.17) is 0 Å². The molecule has 0 aliphatic carbocycles. The number of anilines is 2. The molecule has 0 aromatic carbocycles. The van der Waals surface area contributed by atoms with Gasteiger partial charge < -0.3 is 15.0 Å². The Morgan fingerprint density at radius 3 is 2.90 bits per heavy atom. The van der Waals surface area contributed by atoms with Gasteiger partial charge in [0.15, 0.2) is 11.5 Å². The summed E-state index contributed by atoms with van der Waals surface area (Å²) in [7, 11) is -0.768. The largest absolute Gasteiger partial charge is 0.369 e. The molecule has 0 saturated carbocycles. The van der Waals surface area contributed by atoms with E-state index >= 15 is 0 Å². The monoisotopic (exact) mass is 295 g/mol. The minimum Gasteiger partial charge on any atom is -0.369 e. The zero-order valence-corrected chi connectivity index (χ0v) is 12.7. The zero-order chi connectivity index (χ0) is 14.4. The van der Waals surface area contributed by atoms with E-state index in [1.54, 1.807) is 6.20 Å². The van der Waals surface area contributed by atoms with Crippen molar-refractivity contribution >= 4 is 28.1 Å². The highest BCUT2D eigenvalue weighted by molar-refractivity contribution is 7.84. The van der Waals surface area contributed by atoms with Crippen LogP contribution in [0.1, 0.15) is 20.3 Å². The van der Waals surface area contributed by atoms with Crippen LogP contribution in [0.3, 0.4) is 0 Å². The highest BCUT2D eigenvalue weighted by Gasteiger charge is 2.07. The van der Waals surface area contributed by atoms with Crippen molar-refractivity contribution in [1.29, 1.82) is 0 Å². The average Bonchev–Trinajstić information content (AvgIpc) is 2.93. The quantitative estimate of drug-likeness (QED) is 0.776. The average molecular weight is 295 g/mol. The lowest BCUT2D eigenvalue weighted by Gasteiger charge is -2.10. The first-order chi connectivity index (χ1) is 9.74. The molecule has 110 valence electrons. The minimum absolute atomic E-state index is 0.623. The van der Waals surface area contributed by atoms with Crippen LogP contribution >= 0.6 is 0 Å². The van der Waals surface area contributed by atoms with E-state index in [9.17, 15) is 4.21 Å². The lowest BCUT2D eigenvalue weighted by Crippen LogP contribution is -2.14. The first kappa shape index (κ1) is 14.8. The summed E-state index contributed by atoms with van der Waals surface area (Å²) in [5, 5.41) is 6.50. The fourth-order valence-corrected chi connectivity index (χ4v) is 2.43. The molecule has 0 bridgehead atoms. The molecule has 2 N–H and O–H groups in total. The third kappa shape index (κ3) is 3.69. The predicted octanol–water partition coefficient (Wildman–Crippen LogP) is 1.73. The summed E-state index contributed by atoms with van der Waals surface area (Å²) in [5.74, 6) is 2.85. The highest BCUT2D eigenvalue weighted by Crippen LogP contribution is 2.16. The van der Waals surface area contributed by atoms with Crippen molar-refractivity contribution in [2.45, 2.75) is 20.3 Å². The van der Waals surface area contributed by atoms with Crippen molar-refractivity contribution in [2.75, 3.05) is 35.2 Å². The maximum atomic E-state index is 11.4. The summed E-state index contributed by atoms with van der Waals surface area (Å²) >= 11 is 0. The topological polar surface area (TPSA) is 71.3 Å². The van der Waals surface area contributed by atoms with E-state index in [2.05, 4.69) is 27.5 Å². The van der Waals surface area contributed by atoms with Crippen molar-refractivity contribution in [2.24, 2.45) is 0 Å². The maximum Gasteiger partial charge on any atom is 0.180 e. The smallest absolute Gasteiger partial charge is 0.180 e. The number of hydrogen-bond donors (Lipinski definition) is 2. The van der Waals surface area contributed by atoms with Crippen molar-refractivity contribution < 1.29 is 4.21 Å². The van der Waals surface area contributed by atoms with E-state index in [-0.39, 0.29) is 0 Å². The summed E-state index contributed by atoms with van der Waals surface area (Å²) in [4.78, 5) is 8.82. The van der Waals surface area contributed by atoms with Crippen LogP contribution in [0, 0.1) is 0 Å². The first-order valence-corrected chi connectivity index (χ1v) is 8.39. The Bertz CT molecular complexity index is 583. The fraction of sp³-hybridized carbons (Fsp3) is 0.538. The second kappa shape index (κ2) is 7.23. The third-order valence-electron chi connectivity index (χ3n) is 2.87. The van der Waals surface area contributed by atoms with Gasteiger partial charge in [0.1, 0.15) is 5.82 Å². The SMILES string of the molecule is CCCNc1cn2ccnc2c(NCCS(=O)CC)n1. The van der Waals surface area contributed by atoms with Gasteiger partial charge in [-0.1, -0.05) is 13.8 Å². The zero-order valence-electron chi connectivity index (χ0n) is 11.9. The molecule has 2 heterocycles. The van der Waals surface area contributed by atoms with Gasteiger partial charge in [0.2, 0.25) is 0 Å². The van der Waals surface area contributed by atoms with Crippen LogP contribution in [0.4, 0.5) is 11.6 Å². The Labute approximate surface area is 121 Å². The molecule has 2 rings (SSSR count). The van der Waals surface area contributed by atoms with Gasteiger partial charge in [-0.05, 0) is 6.42 Å². The highest BCUT2D eigenvalue weighted by atomic mass is 32.2. The van der Waals surface area contributed by atoms with Crippen molar-refractivity contribution in [3.8, 4) is 0 Å². The fourth-order valence-electron chi connectivity index (χ4n) is 1.82. The van der Waals surface area contributed by atoms with Gasteiger partial charge >= 0.3 is 0 Å². The molecule has 1 atom stereocenters. The summed E-state index contributed by atoms with van der Waals surface area (Å²) < 4.78 is 13.4. The third-order valence-corrected chi connectivity index (χ3v) is 4.18. The van der Waals surface area contributed by atoms with Crippen molar-refractivity contribution in [3.05, 3.63) is 18.6 Å². The van der Waals surface area contributed by atoms with E-state index in [1.165, 1.54) is 0 Å². The number of aromatic nitrogens is 3. The van der Waals surface area contributed by atoms with Gasteiger partial charge in [0, 0.05) is 47.8 Å². The lowest BCUT2D eigenvalue weighted by atomic mass is 10.4. The van der Waals surface area contributed by atoms with Gasteiger partial charge in [0.25, 0.3) is 0 Å². The number of imidazole rings is 1. The molecule has 0 amide bonds. The summed E-state index contributed by atoms with van der Waals surface area (Å²) in [6.07, 6.45) is 6.61. The van der Waals surface area contributed by atoms with Crippen LogP contribution in [-0.4, -0.2) is 43.2 Å². The molecule has 0 radical (unpaired) electrons. The van der Waals surface area contributed by atoms with Crippen molar-refractivity contribution in [3.63, 3.8) is 0 Å². The Kier molecular flexibility index (Phi) is 5.34. The molecule has 6 nitrogen and oxygen atoms in total. The van der Waals surface area contributed by atoms with E-state index in [0.29, 0.717) is 18.1 Å². The summed E-state index contributed by atoms with van der Waals surface area (Å²) in [6, 6.07) is 0. The molecule has 1 unspecified atom stereocenters. The normalized spacial score (nSPS) is 12.5. The van der Waals surface area contributed by atoms with Crippen LogP contribution in [0.25, 0.3) is 5.65 Å². The van der Waals surface area contributed by atoms with Crippen LogP contribution in [0.5, 0.6) is 0 Å². The van der Waals surface area contributed by atoms with Crippen LogP contribution in [0.15, 0.2) is 18.6 Å². The van der Waals surface area contributed by atoms with Gasteiger partial charge in [-0.15, -0.1) is 0 Å². The minimum atomic E-state index is -0.768. The lowest BCUT2D eigenvalue weighted by molar-refractivity contribution is 0.684. The molecule has 20 heavy (non-hydrogen) atoms. The number of rotatable bonds is 8. The molecule has 0 fully saturated rings. The van der Waals surface area contributed by atoms with Crippen LogP contribution in [0.2, 0.25) is 0 Å². The Balaban J connectivity index is 2.12. The number of hydrogen-bond acceptors (Lipinski definition) is 5. The molecular formula is C13H21N5OS. The molecule has 0 spiro atoms. The van der Waals surface area contributed by atoms with Gasteiger partial charge in [-0.2, -0.15) is 0 Å². The summed E-state index contributed by atoms with van der Waals surface area (Å²) in [5.41, 5.74) is 0.786. The van der Waals surface area contributed by atoms with E-state index < -0.39 is 10.8 Å². The standard InChI is InChI=1S/C13H21N5OS/c1-3-5-14-11-10-18-8-6-16-13(18)12(17-11)15-7-9-20(19)4-2/h6,8,10,14H,3-5,7,9H2,1-2H3,(H,15,17). The van der Waals surface area contributed by atoms with Gasteiger partial charge in [0.05, 0.1) is 6.20 Å².